The fourth-order valence-corrected chi connectivity index (χ4v) is 6.62. The number of ketones is 1. The first-order valence-corrected chi connectivity index (χ1v) is 19.3. The number of nitrogens with zero attached hydrogens (tertiary/aromatic N) is 1. The predicted molar refractivity (Wildman–Crippen MR) is 213 cm³/mol. The van der Waals surface area contributed by atoms with Crippen molar-refractivity contribution in [3.8, 4) is 0 Å². The second-order valence-electron chi connectivity index (χ2n) is 14.0. The molecule has 5 atom stereocenters. The molecule has 0 spiro atoms. The number of carboxylic acid groups (broad SMARTS) is 2. The molecular weight excluding hydrogens is 780 g/mol. The van der Waals surface area contributed by atoms with Crippen molar-refractivity contribution < 1.29 is 58.1 Å². The van der Waals surface area contributed by atoms with E-state index in [0.29, 0.717) is 12.0 Å². The molecular formula is C42H48N6O12. The first-order valence-electron chi connectivity index (χ1n) is 19.3. The minimum absolute atomic E-state index is 0.00654. The van der Waals surface area contributed by atoms with E-state index in [9.17, 15) is 53.4 Å². The van der Waals surface area contributed by atoms with E-state index in [2.05, 4.69) is 21.3 Å². The van der Waals surface area contributed by atoms with Crippen molar-refractivity contribution in [2.75, 3.05) is 13.1 Å². The van der Waals surface area contributed by atoms with Crippen molar-refractivity contribution in [2.45, 2.75) is 82.3 Å². The van der Waals surface area contributed by atoms with E-state index < -0.39 is 90.0 Å². The van der Waals surface area contributed by atoms with Gasteiger partial charge in [0.05, 0.1) is 36.4 Å². The molecule has 1 aliphatic rings. The molecule has 0 aromatic heterocycles. The van der Waals surface area contributed by atoms with Gasteiger partial charge in [0, 0.05) is 19.4 Å². The Labute approximate surface area is 345 Å². The molecule has 1 heterocycles. The van der Waals surface area contributed by atoms with Crippen molar-refractivity contribution in [3.05, 3.63) is 107 Å². The number of hydrogen-bond acceptors (Lipinski definition) is 10. The van der Waals surface area contributed by atoms with Crippen LogP contribution in [-0.4, -0.2) is 106 Å². The molecule has 6 amide bonds. The topological polar surface area (TPSA) is 281 Å². The van der Waals surface area contributed by atoms with Gasteiger partial charge in [-0.25, -0.2) is 4.79 Å². The number of aliphatic carboxylic acids is 1. The molecule has 5 unspecified atom stereocenters. The third-order valence-electron chi connectivity index (χ3n) is 9.63. The third-order valence-corrected chi connectivity index (χ3v) is 9.63. The fraction of sp³-hybridized carbons (Fsp3) is 0.357. The molecule has 18 nitrogen and oxygen atoms in total. The minimum atomic E-state index is -1.41. The van der Waals surface area contributed by atoms with Gasteiger partial charge in [-0.05, 0) is 42.5 Å². The molecule has 0 radical (unpaired) electrons. The Hall–Kier alpha value is -6.95. The normalized spacial score (nSPS) is 16.1. The van der Waals surface area contributed by atoms with Crippen molar-refractivity contribution in [3.63, 3.8) is 0 Å². The lowest BCUT2D eigenvalue weighted by Crippen LogP contribution is -2.56. The summed E-state index contributed by atoms with van der Waals surface area (Å²) in [6.45, 7) is 0.962. The van der Waals surface area contributed by atoms with Crippen LogP contribution < -0.4 is 27.0 Å². The van der Waals surface area contributed by atoms with Gasteiger partial charge in [-0.3, -0.25) is 38.4 Å². The predicted octanol–water partition coefficient (Wildman–Crippen LogP) is 1.24. The zero-order chi connectivity index (χ0) is 43.8. The van der Waals surface area contributed by atoms with Gasteiger partial charge < -0.3 is 46.9 Å². The number of likely N-dealkylation sites (tertiary alicyclic amines) is 1. The fourth-order valence-electron chi connectivity index (χ4n) is 6.62. The minimum Gasteiger partial charge on any atom is -0.481 e. The van der Waals surface area contributed by atoms with Crippen LogP contribution in [0.4, 0.5) is 0 Å². The highest BCUT2D eigenvalue weighted by molar-refractivity contribution is 6.38. The van der Waals surface area contributed by atoms with Gasteiger partial charge in [-0.2, -0.15) is 0 Å². The van der Waals surface area contributed by atoms with Gasteiger partial charge in [-0.15, -0.1) is 0 Å². The summed E-state index contributed by atoms with van der Waals surface area (Å²) >= 11 is 0. The van der Waals surface area contributed by atoms with E-state index in [1.165, 1.54) is 24.3 Å². The van der Waals surface area contributed by atoms with Crippen LogP contribution in [0, 0.1) is 0 Å². The summed E-state index contributed by atoms with van der Waals surface area (Å²) in [5, 5.41) is 28.7. The lowest BCUT2D eigenvalue weighted by atomic mass is 10.0. The first kappa shape index (κ1) is 45.7. The molecule has 1 aliphatic heterocycles. The highest BCUT2D eigenvalue weighted by atomic mass is 16.5. The zero-order valence-electron chi connectivity index (χ0n) is 32.8. The van der Waals surface area contributed by atoms with Gasteiger partial charge in [0.25, 0.3) is 11.8 Å². The number of Topliss-reactive ketones (excluding diaryl/α,β-unsaturated/α-hetero) is 1. The number of ether oxygens (including phenoxy) is 1. The molecule has 3 aromatic rings. The maximum absolute atomic E-state index is 14.4. The van der Waals surface area contributed by atoms with E-state index >= 15 is 0 Å². The van der Waals surface area contributed by atoms with Crippen LogP contribution in [0.15, 0.2) is 84.9 Å². The smallest absolute Gasteiger partial charge is 0.336 e. The highest BCUT2D eigenvalue weighted by Gasteiger charge is 2.44. The Morgan fingerprint density at radius 2 is 1.43 bits per heavy atom. The molecule has 0 saturated carbocycles. The number of nitrogens with one attached hydrogen (secondary N) is 4. The number of nitrogens with two attached hydrogens (primary N) is 1. The standard InChI is InChI=1S/C42H48N6O12/c1-2-12-30(36(52)40(56)44-22-33(49)47-35(37(43)53)26-15-7-4-8-16-26)45-39(55)32-21-27(60-24-25-13-5-3-6-14-25)23-48(32)41(57)31(19-11-20-34(50)51)46-38(54)28-17-9-10-18-29(28)42(58)59/h3-10,13-18,27,30-32,35H,2,11-12,19-24H2,1H3,(H2,43,53)(H,44,56)(H,45,55)(H,46,54)(H,47,49)(H,50,51)(H,58,59). The maximum Gasteiger partial charge on any atom is 0.336 e. The number of amides is 6. The van der Waals surface area contributed by atoms with Gasteiger partial charge in [0.2, 0.25) is 29.4 Å². The van der Waals surface area contributed by atoms with E-state index in [0.717, 1.165) is 10.5 Å². The summed E-state index contributed by atoms with van der Waals surface area (Å²) in [4.78, 5) is 117. The van der Waals surface area contributed by atoms with Crippen LogP contribution in [0.5, 0.6) is 0 Å². The van der Waals surface area contributed by atoms with Crippen LogP contribution in [0.1, 0.15) is 83.3 Å². The lowest BCUT2D eigenvalue weighted by molar-refractivity contribution is -0.143. The summed E-state index contributed by atoms with van der Waals surface area (Å²) < 4.78 is 6.10. The Kier molecular flexibility index (Phi) is 17.0. The number of aromatic carboxylic acids is 1. The quantitative estimate of drug-likeness (QED) is 0.0705. The molecule has 18 heteroatoms. The molecule has 0 aliphatic carbocycles. The largest absolute Gasteiger partial charge is 0.481 e. The summed E-state index contributed by atoms with van der Waals surface area (Å²) in [6, 6.07) is 17.2. The molecule has 8 N–H and O–H groups in total. The number of carbonyl (C=O) groups excluding carboxylic acids is 7. The second kappa shape index (κ2) is 22.3. The maximum atomic E-state index is 14.4. The van der Waals surface area contributed by atoms with Gasteiger partial charge in [-0.1, -0.05) is 86.1 Å². The average molecular weight is 829 g/mol. The Morgan fingerprint density at radius 1 is 0.800 bits per heavy atom. The van der Waals surface area contributed by atoms with E-state index in [4.69, 9.17) is 10.5 Å². The number of benzene rings is 3. The monoisotopic (exact) mass is 828 g/mol. The zero-order valence-corrected chi connectivity index (χ0v) is 32.8. The molecule has 3 aromatic carbocycles. The van der Waals surface area contributed by atoms with E-state index in [1.54, 1.807) is 37.3 Å². The van der Waals surface area contributed by atoms with Gasteiger partial charge in [0.15, 0.2) is 0 Å². The number of rotatable bonds is 22. The summed E-state index contributed by atoms with van der Waals surface area (Å²) in [7, 11) is 0. The van der Waals surface area contributed by atoms with Crippen molar-refractivity contribution in [2.24, 2.45) is 5.73 Å². The Morgan fingerprint density at radius 3 is 2.05 bits per heavy atom. The number of carbonyl (C=O) groups is 9. The lowest BCUT2D eigenvalue weighted by Gasteiger charge is -2.29. The third kappa shape index (κ3) is 13.0. The van der Waals surface area contributed by atoms with Gasteiger partial charge in [0.1, 0.15) is 18.1 Å². The molecule has 4 rings (SSSR count). The van der Waals surface area contributed by atoms with Gasteiger partial charge >= 0.3 is 11.9 Å². The van der Waals surface area contributed by atoms with Crippen LogP contribution in [-0.2, 0) is 44.9 Å². The molecule has 60 heavy (non-hydrogen) atoms. The number of carboxylic acids is 2. The summed E-state index contributed by atoms with van der Waals surface area (Å²) in [5.74, 6) is -9.05. The van der Waals surface area contributed by atoms with Crippen molar-refractivity contribution in [1.29, 1.82) is 0 Å². The molecule has 0 bridgehead atoms. The first-order chi connectivity index (χ1) is 28.7. The Bertz CT molecular complexity index is 2050. The number of primary amides is 1. The van der Waals surface area contributed by atoms with E-state index in [1.807, 2.05) is 30.3 Å². The summed E-state index contributed by atoms with van der Waals surface area (Å²) in [5.41, 5.74) is 6.07. The van der Waals surface area contributed by atoms with Crippen LogP contribution in [0.3, 0.4) is 0 Å². The number of hydrogen-bond donors (Lipinski definition) is 7. The molecule has 1 saturated heterocycles. The summed E-state index contributed by atoms with van der Waals surface area (Å²) in [6.07, 6.45) is -1.09. The SMILES string of the molecule is CCCC(NC(=O)C1CC(OCc2ccccc2)CN1C(=O)C(CCCC(=O)O)NC(=O)c1ccccc1C(=O)O)C(=O)C(=O)NCC(=O)NC(C(N)=O)c1ccccc1. The Balaban J connectivity index is 1.53. The van der Waals surface area contributed by atoms with Crippen molar-refractivity contribution >= 4 is 53.2 Å². The highest BCUT2D eigenvalue weighted by Crippen LogP contribution is 2.25. The molecule has 1 fully saturated rings. The van der Waals surface area contributed by atoms with E-state index in [-0.39, 0.29) is 56.4 Å². The average Bonchev–Trinajstić information content (AvgIpc) is 3.68. The molecule has 318 valence electrons. The van der Waals surface area contributed by atoms with Crippen LogP contribution >= 0.6 is 0 Å². The second-order valence-corrected chi connectivity index (χ2v) is 14.0. The van der Waals surface area contributed by atoms with Crippen LogP contribution in [0.25, 0.3) is 0 Å². The van der Waals surface area contributed by atoms with Crippen LogP contribution in [0.2, 0.25) is 0 Å². The van der Waals surface area contributed by atoms with Crippen molar-refractivity contribution in [1.82, 2.24) is 26.2 Å².